The maximum atomic E-state index is 12.8. The third-order valence-corrected chi connectivity index (χ3v) is 8.23. The fourth-order valence-corrected chi connectivity index (χ4v) is 5.74. The lowest BCUT2D eigenvalue weighted by Gasteiger charge is -2.15. The minimum atomic E-state index is -3.92. The van der Waals surface area contributed by atoms with E-state index in [0.717, 1.165) is 23.3 Å². The molecule has 14 heteroatoms. The molecule has 3 aromatic carbocycles. The van der Waals surface area contributed by atoms with Crippen LogP contribution in [0.5, 0.6) is 23.0 Å². The van der Waals surface area contributed by atoms with Gasteiger partial charge in [-0.3, -0.25) is 10.1 Å². The molecule has 1 N–H and O–H groups in total. The highest BCUT2D eigenvalue weighted by molar-refractivity contribution is 7.89. The second-order valence-electron chi connectivity index (χ2n) is 9.04. The maximum Gasteiger partial charge on any atom is 0.342 e. The second-order valence-corrected chi connectivity index (χ2v) is 10.8. The van der Waals surface area contributed by atoms with Gasteiger partial charge in [0.25, 0.3) is 5.69 Å². The van der Waals surface area contributed by atoms with Crippen LogP contribution in [0, 0.1) is 10.1 Å². The van der Waals surface area contributed by atoms with E-state index in [1.165, 1.54) is 33.5 Å². The number of rotatable bonds is 11. The number of nitrogens with zero attached hydrogens (tertiary/aromatic N) is 1. The molecule has 2 aliphatic heterocycles. The van der Waals surface area contributed by atoms with Gasteiger partial charge in [-0.15, -0.1) is 0 Å². The normalized spacial score (nSPS) is 17.1. The number of non-ortho nitro benzene ring substituents is 1. The van der Waals surface area contributed by atoms with Crippen molar-refractivity contribution in [2.24, 2.45) is 0 Å². The molecule has 1 saturated heterocycles. The van der Waals surface area contributed by atoms with Crippen molar-refractivity contribution in [1.29, 1.82) is 0 Å². The van der Waals surface area contributed by atoms with Crippen LogP contribution in [0.3, 0.4) is 0 Å². The van der Waals surface area contributed by atoms with Crippen molar-refractivity contribution in [3.05, 3.63) is 80.9 Å². The quantitative estimate of drug-likeness (QED) is 0.151. The Morgan fingerprint density at radius 1 is 1.00 bits per heavy atom. The molecule has 41 heavy (non-hydrogen) atoms. The Bertz CT molecular complexity index is 1610. The van der Waals surface area contributed by atoms with Crippen LogP contribution in [0.4, 0.5) is 5.69 Å². The lowest BCUT2D eigenvalue weighted by molar-refractivity contribution is -0.384. The van der Waals surface area contributed by atoms with E-state index in [-0.39, 0.29) is 41.7 Å². The van der Waals surface area contributed by atoms with Gasteiger partial charge in [0.1, 0.15) is 17.8 Å². The minimum Gasteiger partial charge on any atom is -0.493 e. The molecule has 0 aliphatic carbocycles. The molecule has 2 heterocycles. The number of methoxy groups -OCH3 is 3. The molecule has 2 aliphatic rings. The fraction of sp³-hybridized carbons (Fsp3) is 0.296. The summed E-state index contributed by atoms with van der Waals surface area (Å²) in [7, 11) is 0.229. The highest BCUT2D eigenvalue weighted by Crippen LogP contribution is 2.56. The van der Waals surface area contributed by atoms with Crippen LogP contribution in [0.15, 0.2) is 53.4 Å². The predicted octanol–water partition coefficient (Wildman–Crippen LogP) is 3.46. The van der Waals surface area contributed by atoms with Gasteiger partial charge in [0, 0.05) is 24.2 Å². The zero-order chi connectivity index (χ0) is 29.3. The molecule has 0 spiro atoms. The zero-order valence-electron chi connectivity index (χ0n) is 22.2. The van der Waals surface area contributed by atoms with Crippen LogP contribution < -0.4 is 23.7 Å². The van der Waals surface area contributed by atoms with Crippen molar-refractivity contribution in [2.75, 3.05) is 34.7 Å². The molecule has 0 radical (unpaired) electrons. The molecule has 1 fully saturated rings. The third kappa shape index (κ3) is 5.49. The molecule has 0 aromatic heterocycles. The first-order valence-corrected chi connectivity index (χ1v) is 13.8. The van der Waals surface area contributed by atoms with Crippen molar-refractivity contribution in [1.82, 2.24) is 4.72 Å². The van der Waals surface area contributed by atoms with Crippen LogP contribution in [0.2, 0.25) is 0 Å². The first kappa shape index (κ1) is 28.1. The van der Waals surface area contributed by atoms with Gasteiger partial charge in [-0.05, 0) is 47.9 Å². The highest BCUT2D eigenvalue weighted by atomic mass is 32.2. The number of esters is 1. The largest absolute Gasteiger partial charge is 0.493 e. The number of hydrogen-bond donors (Lipinski definition) is 1. The number of epoxide rings is 1. The standard InChI is InChI=1S/C27H26N2O11S/c1-35-20-9-8-18(23(26(20)36-2)27(30)37-3)24-25(40-24)19-13-22-21(38-14-39-22)12-15(19)10-11-28-41(33,34)17-6-4-16(5-7-17)29(31)32/h4-9,12-13,24-25,28H,10-11,14H2,1-3H3/t24-,25-/m0/s1. The highest BCUT2D eigenvalue weighted by Gasteiger charge is 2.46. The van der Waals surface area contributed by atoms with E-state index in [4.69, 9.17) is 28.4 Å². The molecule has 0 unspecified atom stereocenters. The summed E-state index contributed by atoms with van der Waals surface area (Å²) in [5.41, 5.74) is 1.99. The number of sulfonamides is 1. The molecule has 13 nitrogen and oxygen atoms in total. The molecule has 216 valence electrons. The van der Waals surface area contributed by atoms with E-state index in [9.17, 15) is 23.3 Å². The average molecular weight is 587 g/mol. The number of benzene rings is 3. The molecular formula is C27H26N2O11S. The van der Waals surface area contributed by atoms with Crippen molar-refractivity contribution in [2.45, 2.75) is 23.5 Å². The summed E-state index contributed by atoms with van der Waals surface area (Å²) < 4.78 is 61.0. The summed E-state index contributed by atoms with van der Waals surface area (Å²) in [6, 6.07) is 11.6. The molecule has 2 atom stereocenters. The summed E-state index contributed by atoms with van der Waals surface area (Å²) in [6.45, 7) is 0.0647. The van der Waals surface area contributed by atoms with E-state index in [0.29, 0.717) is 22.8 Å². The SMILES string of the molecule is COC(=O)c1c([C@@H]2O[C@H]2c2cc3c(cc2CCNS(=O)(=O)c2ccc([N+](=O)[O-])cc2)OCO3)ccc(OC)c1OC. The number of nitro benzene ring substituents is 1. The second kappa shape index (κ2) is 11.2. The molecule has 0 saturated carbocycles. The average Bonchev–Trinajstić information content (AvgIpc) is 3.63. The Morgan fingerprint density at radius 2 is 1.68 bits per heavy atom. The Hall–Kier alpha value is -4.40. The number of ether oxygens (including phenoxy) is 6. The van der Waals surface area contributed by atoms with Gasteiger partial charge in [0.15, 0.2) is 23.0 Å². The van der Waals surface area contributed by atoms with E-state index in [1.807, 2.05) is 0 Å². The van der Waals surface area contributed by atoms with Crippen LogP contribution >= 0.6 is 0 Å². The van der Waals surface area contributed by atoms with Crippen molar-refractivity contribution < 1.29 is 46.6 Å². The first-order valence-electron chi connectivity index (χ1n) is 12.3. The Balaban J connectivity index is 1.39. The summed E-state index contributed by atoms with van der Waals surface area (Å²) in [4.78, 5) is 22.9. The topological polar surface area (TPSA) is 165 Å². The predicted molar refractivity (Wildman–Crippen MR) is 142 cm³/mol. The smallest absolute Gasteiger partial charge is 0.342 e. The molecule has 3 aromatic rings. The fourth-order valence-electron chi connectivity index (χ4n) is 4.71. The molecule has 5 rings (SSSR count). The van der Waals surface area contributed by atoms with Crippen LogP contribution in [0.25, 0.3) is 0 Å². The van der Waals surface area contributed by atoms with Crippen molar-refractivity contribution in [3.63, 3.8) is 0 Å². The summed E-state index contributed by atoms with van der Waals surface area (Å²) in [5, 5.41) is 10.9. The van der Waals surface area contributed by atoms with Gasteiger partial charge >= 0.3 is 5.97 Å². The van der Waals surface area contributed by atoms with Gasteiger partial charge in [-0.2, -0.15) is 0 Å². The van der Waals surface area contributed by atoms with Crippen LogP contribution in [-0.2, 0) is 25.9 Å². The zero-order valence-corrected chi connectivity index (χ0v) is 23.1. The monoisotopic (exact) mass is 586 g/mol. The van der Waals surface area contributed by atoms with Gasteiger partial charge < -0.3 is 28.4 Å². The van der Waals surface area contributed by atoms with Gasteiger partial charge in [-0.1, -0.05) is 6.07 Å². The molecule has 0 amide bonds. The Morgan fingerprint density at radius 3 is 2.32 bits per heavy atom. The number of fused-ring (bicyclic) bond motifs is 1. The molecular weight excluding hydrogens is 560 g/mol. The van der Waals surface area contributed by atoms with Crippen molar-refractivity contribution >= 4 is 21.7 Å². The maximum absolute atomic E-state index is 12.8. The Labute approximate surface area is 235 Å². The van der Waals surface area contributed by atoms with Gasteiger partial charge in [-0.25, -0.2) is 17.9 Å². The lowest BCUT2D eigenvalue weighted by Crippen LogP contribution is -2.26. The minimum absolute atomic E-state index is 0.0210. The van der Waals surface area contributed by atoms with Gasteiger partial charge in [0.05, 0.1) is 31.1 Å². The van der Waals surface area contributed by atoms with E-state index in [1.54, 1.807) is 24.3 Å². The number of nitrogens with one attached hydrogen (secondary N) is 1. The van der Waals surface area contributed by atoms with E-state index >= 15 is 0 Å². The van der Waals surface area contributed by atoms with Crippen LogP contribution in [0.1, 0.15) is 39.3 Å². The van der Waals surface area contributed by atoms with E-state index in [2.05, 4.69) is 4.72 Å². The number of hydrogen-bond acceptors (Lipinski definition) is 11. The first-order chi connectivity index (χ1) is 19.7. The lowest BCUT2D eigenvalue weighted by atomic mass is 9.94. The van der Waals surface area contributed by atoms with E-state index < -0.39 is 33.1 Å². The summed E-state index contributed by atoms with van der Waals surface area (Å²) in [5.74, 6) is 0.998. The molecule has 0 bridgehead atoms. The summed E-state index contributed by atoms with van der Waals surface area (Å²) >= 11 is 0. The van der Waals surface area contributed by atoms with Crippen molar-refractivity contribution in [3.8, 4) is 23.0 Å². The number of carbonyl (C=O) groups is 1. The number of nitro groups is 1. The summed E-state index contributed by atoms with van der Waals surface area (Å²) in [6.07, 6.45) is -0.743. The van der Waals surface area contributed by atoms with Gasteiger partial charge in [0.2, 0.25) is 16.8 Å². The number of carbonyl (C=O) groups excluding carboxylic acids is 1. The third-order valence-electron chi connectivity index (χ3n) is 6.75. The van der Waals surface area contributed by atoms with Crippen LogP contribution in [-0.4, -0.2) is 54.0 Å². The Kier molecular flexibility index (Phi) is 7.71.